The van der Waals surface area contributed by atoms with Gasteiger partial charge in [-0.1, -0.05) is 20.8 Å². The predicted octanol–water partition coefficient (Wildman–Crippen LogP) is 3.38. The molecular formula is C15H24N4S. The molecule has 4 nitrogen and oxygen atoms in total. The lowest BCUT2D eigenvalue weighted by molar-refractivity contribution is 0.366. The molecule has 0 bridgehead atoms. The lowest BCUT2D eigenvalue weighted by Crippen LogP contribution is -2.33. The van der Waals surface area contributed by atoms with Gasteiger partial charge >= 0.3 is 0 Å². The van der Waals surface area contributed by atoms with Crippen molar-refractivity contribution in [3.8, 4) is 0 Å². The van der Waals surface area contributed by atoms with E-state index >= 15 is 0 Å². The summed E-state index contributed by atoms with van der Waals surface area (Å²) in [6.07, 6.45) is 5.82. The zero-order chi connectivity index (χ0) is 14.8. The number of rotatable bonds is 5. The molecule has 0 aliphatic heterocycles. The SMILES string of the molecule is C[C@H](NCc1cnc(C(C)(C)C)s1)[C@H](C)n1cccn1. The monoisotopic (exact) mass is 292 g/mol. The Morgan fingerprint density at radius 1 is 1.35 bits per heavy atom. The molecule has 2 aromatic rings. The van der Waals surface area contributed by atoms with E-state index in [4.69, 9.17) is 0 Å². The van der Waals surface area contributed by atoms with Gasteiger partial charge in [0.2, 0.25) is 0 Å². The molecule has 0 radical (unpaired) electrons. The summed E-state index contributed by atoms with van der Waals surface area (Å²) in [5.74, 6) is 0. The summed E-state index contributed by atoms with van der Waals surface area (Å²) in [7, 11) is 0. The van der Waals surface area contributed by atoms with Crippen molar-refractivity contribution in [2.75, 3.05) is 0 Å². The van der Waals surface area contributed by atoms with Gasteiger partial charge in [0.1, 0.15) is 0 Å². The molecule has 0 unspecified atom stereocenters. The van der Waals surface area contributed by atoms with Gasteiger partial charge in [0.15, 0.2) is 0 Å². The molecular weight excluding hydrogens is 268 g/mol. The summed E-state index contributed by atoms with van der Waals surface area (Å²) in [6, 6.07) is 2.65. The maximum atomic E-state index is 4.52. The highest BCUT2D eigenvalue weighted by molar-refractivity contribution is 7.11. The molecule has 1 N–H and O–H groups in total. The second kappa shape index (κ2) is 6.06. The van der Waals surface area contributed by atoms with Gasteiger partial charge in [0.25, 0.3) is 0 Å². The van der Waals surface area contributed by atoms with Crippen molar-refractivity contribution < 1.29 is 0 Å². The maximum Gasteiger partial charge on any atom is 0.0981 e. The first-order valence-electron chi connectivity index (χ1n) is 7.05. The van der Waals surface area contributed by atoms with Crippen LogP contribution >= 0.6 is 11.3 Å². The Kier molecular flexibility index (Phi) is 4.60. The number of aromatic nitrogens is 3. The van der Waals surface area contributed by atoms with Gasteiger partial charge in [-0.2, -0.15) is 5.10 Å². The van der Waals surface area contributed by atoms with Crippen LogP contribution in [0.15, 0.2) is 24.7 Å². The average molecular weight is 292 g/mol. The Labute approximate surface area is 125 Å². The lowest BCUT2D eigenvalue weighted by atomic mass is 9.98. The first-order chi connectivity index (χ1) is 9.38. The second-order valence-corrected chi connectivity index (χ2v) is 7.39. The fourth-order valence-corrected chi connectivity index (χ4v) is 2.84. The Balaban J connectivity index is 1.90. The summed E-state index contributed by atoms with van der Waals surface area (Å²) in [5, 5.41) is 9.05. The highest BCUT2D eigenvalue weighted by Gasteiger charge is 2.19. The molecule has 110 valence electrons. The quantitative estimate of drug-likeness (QED) is 0.918. The van der Waals surface area contributed by atoms with Gasteiger partial charge in [0.05, 0.1) is 11.0 Å². The molecule has 0 aromatic carbocycles. The molecule has 0 aliphatic rings. The van der Waals surface area contributed by atoms with Crippen LogP contribution in [-0.2, 0) is 12.0 Å². The highest BCUT2D eigenvalue weighted by atomic mass is 32.1. The lowest BCUT2D eigenvalue weighted by Gasteiger charge is -2.21. The van der Waals surface area contributed by atoms with Crippen LogP contribution in [0.25, 0.3) is 0 Å². The number of hydrogen-bond acceptors (Lipinski definition) is 4. The summed E-state index contributed by atoms with van der Waals surface area (Å²) < 4.78 is 1.99. The van der Waals surface area contributed by atoms with Gasteiger partial charge in [0, 0.05) is 41.5 Å². The fraction of sp³-hybridized carbons (Fsp3) is 0.600. The van der Waals surface area contributed by atoms with E-state index in [1.807, 2.05) is 29.3 Å². The third kappa shape index (κ3) is 3.67. The third-order valence-electron chi connectivity index (χ3n) is 3.46. The van der Waals surface area contributed by atoms with Gasteiger partial charge in [-0.15, -0.1) is 11.3 Å². The standard InChI is InChI=1S/C15H24N4S/c1-11(12(2)19-8-6-7-18-19)16-9-13-10-17-14(20-13)15(3,4)5/h6-8,10-12,16H,9H2,1-5H3/t11-,12-/m0/s1. The molecule has 0 aliphatic carbocycles. The molecule has 0 spiro atoms. The number of nitrogens with zero attached hydrogens (tertiary/aromatic N) is 3. The molecule has 20 heavy (non-hydrogen) atoms. The molecule has 2 aromatic heterocycles. The van der Waals surface area contributed by atoms with Crippen LogP contribution in [0.3, 0.4) is 0 Å². The molecule has 5 heteroatoms. The molecule has 2 atom stereocenters. The molecule has 0 saturated carbocycles. The molecule has 2 heterocycles. The fourth-order valence-electron chi connectivity index (χ4n) is 1.92. The Morgan fingerprint density at radius 2 is 2.10 bits per heavy atom. The minimum absolute atomic E-state index is 0.136. The largest absolute Gasteiger partial charge is 0.307 e. The van der Waals surface area contributed by atoms with Gasteiger partial charge < -0.3 is 5.32 Å². The predicted molar refractivity (Wildman–Crippen MR) is 84.1 cm³/mol. The minimum Gasteiger partial charge on any atom is -0.307 e. The Morgan fingerprint density at radius 3 is 2.65 bits per heavy atom. The molecule has 0 amide bonds. The molecule has 2 rings (SSSR count). The topological polar surface area (TPSA) is 42.7 Å². The van der Waals surface area contributed by atoms with Gasteiger partial charge in [-0.3, -0.25) is 4.68 Å². The van der Waals surface area contributed by atoms with Crippen molar-refractivity contribution in [2.45, 2.75) is 58.7 Å². The second-order valence-electron chi connectivity index (χ2n) is 6.28. The third-order valence-corrected chi connectivity index (χ3v) is 4.88. The van der Waals surface area contributed by atoms with Gasteiger partial charge in [-0.05, 0) is 19.9 Å². The van der Waals surface area contributed by atoms with Crippen LogP contribution in [0.4, 0.5) is 0 Å². The van der Waals surface area contributed by atoms with Crippen LogP contribution in [0.1, 0.15) is 50.5 Å². The van der Waals surface area contributed by atoms with E-state index in [1.54, 1.807) is 11.3 Å². The Hall–Kier alpha value is -1.20. The number of nitrogens with one attached hydrogen (secondary N) is 1. The molecule has 0 saturated heterocycles. The number of hydrogen-bond donors (Lipinski definition) is 1. The summed E-state index contributed by atoms with van der Waals surface area (Å²) >= 11 is 1.79. The van der Waals surface area contributed by atoms with Crippen LogP contribution < -0.4 is 5.32 Å². The van der Waals surface area contributed by atoms with Crippen LogP contribution in [0.2, 0.25) is 0 Å². The van der Waals surface area contributed by atoms with Crippen LogP contribution in [0.5, 0.6) is 0 Å². The van der Waals surface area contributed by atoms with E-state index in [1.165, 1.54) is 9.88 Å². The highest BCUT2D eigenvalue weighted by Crippen LogP contribution is 2.26. The van der Waals surface area contributed by atoms with Crippen molar-refractivity contribution in [3.63, 3.8) is 0 Å². The zero-order valence-corrected chi connectivity index (χ0v) is 13.7. The van der Waals surface area contributed by atoms with E-state index in [-0.39, 0.29) is 5.41 Å². The maximum absolute atomic E-state index is 4.52. The summed E-state index contributed by atoms with van der Waals surface area (Å²) in [5.41, 5.74) is 0.136. The summed E-state index contributed by atoms with van der Waals surface area (Å²) in [6.45, 7) is 11.8. The smallest absolute Gasteiger partial charge is 0.0981 e. The van der Waals surface area contributed by atoms with Crippen molar-refractivity contribution in [1.82, 2.24) is 20.1 Å². The first-order valence-corrected chi connectivity index (χ1v) is 7.87. The van der Waals surface area contributed by atoms with Crippen molar-refractivity contribution >= 4 is 11.3 Å². The van der Waals surface area contributed by atoms with Crippen molar-refractivity contribution in [2.24, 2.45) is 0 Å². The normalized spacial score (nSPS) is 15.2. The van der Waals surface area contributed by atoms with Crippen molar-refractivity contribution in [1.29, 1.82) is 0 Å². The van der Waals surface area contributed by atoms with Crippen molar-refractivity contribution in [3.05, 3.63) is 34.5 Å². The van der Waals surface area contributed by atoms with Crippen LogP contribution in [-0.4, -0.2) is 20.8 Å². The van der Waals surface area contributed by atoms with Crippen LogP contribution in [0, 0.1) is 0 Å². The van der Waals surface area contributed by atoms with E-state index < -0.39 is 0 Å². The first kappa shape index (κ1) is 15.2. The zero-order valence-electron chi connectivity index (χ0n) is 12.9. The summed E-state index contributed by atoms with van der Waals surface area (Å²) in [4.78, 5) is 5.81. The molecule has 0 fully saturated rings. The number of thiazole rings is 1. The van der Waals surface area contributed by atoms with E-state index in [9.17, 15) is 0 Å². The minimum atomic E-state index is 0.136. The van der Waals surface area contributed by atoms with E-state index in [0.717, 1.165) is 6.54 Å². The van der Waals surface area contributed by atoms with E-state index in [0.29, 0.717) is 12.1 Å². The Bertz CT molecular complexity index is 524. The van der Waals surface area contributed by atoms with E-state index in [2.05, 4.69) is 50.0 Å². The van der Waals surface area contributed by atoms with Gasteiger partial charge in [-0.25, -0.2) is 4.98 Å². The average Bonchev–Trinajstić information content (AvgIpc) is 3.04.